The third-order valence-electron chi connectivity index (χ3n) is 6.26. The molecule has 1 aliphatic heterocycles. The van der Waals surface area contributed by atoms with E-state index in [1.165, 1.54) is 0 Å². The number of carbonyl (C=O) groups is 2. The molecule has 5 heteroatoms. The van der Waals surface area contributed by atoms with E-state index in [9.17, 15) is 9.59 Å². The van der Waals surface area contributed by atoms with Crippen molar-refractivity contribution >= 4 is 22.6 Å². The molecule has 1 N–H and O–H groups in total. The Hall–Kier alpha value is -3.34. The van der Waals surface area contributed by atoms with E-state index in [0.29, 0.717) is 25.9 Å². The van der Waals surface area contributed by atoms with Gasteiger partial charge in [-0.05, 0) is 68.1 Å². The second kappa shape index (κ2) is 10.1. The maximum absolute atomic E-state index is 13.2. The van der Waals surface area contributed by atoms with Crippen molar-refractivity contribution in [3.63, 3.8) is 0 Å². The zero-order valence-electron chi connectivity index (χ0n) is 19.6. The highest BCUT2D eigenvalue weighted by atomic mass is 16.5. The molecule has 0 spiro atoms. The molecule has 172 valence electrons. The Morgan fingerprint density at radius 2 is 1.64 bits per heavy atom. The van der Waals surface area contributed by atoms with E-state index >= 15 is 0 Å². The first-order valence-electron chi connectivity index (χ1n) is 11.8. The summed E-state index contributed by atoms with van der Waals surface area (Å²) in [6.45, 7) is 7.16. The highest BCUT2D eigenvalue weighted by molar-refractivity contribution is 6.07. The fourth-order valence-corrected chi connectivity index (χ4v) is 4.47. The Morgan fingerprint density at radius 3 is 2.39 bits per heavy atom. The van der Waals surface area contributed by atoms with E-state index in [0.717, 1.165) is 27.6 Å². The predicted octanol–water partition coefficient (Wildman–Crippen LogP) is 5.36. The lowest BCUT2D eigenvalue weighted by Gasteiger charge is -2.32. The van der Waals surface area contributed by atoms with Crippen molar-refractivity contribution in [2.75, 3.05) is 13.1 Å². The average Bonchev–Trinajstić information content (AvgIpc) is 2.83. The van der Waals surface area contributed by atoms with Crippen LogP contribution >= 0.6 is 0 Å². The molecule has 1 unspecified atom stereocenters. The highest BCUT2D eigenvalue weighted by Crippen LogP contribution is 2.25. The van der Waals surface area contributed by atoms with Gasteiger partial charge in [-0.2, -0.15) is 0 Å². The summed E-state index contributed by atoms with van der Waals surface area (Å²) in [5.41, 5.74) is 1.75. The quantitative estimate of drug-likeness (QED) is 0.557. The van der Waals surface area contributed by atoms with Crippen LogP contribution in [-0.4, -0.2) is 35.9 Å². The van der Waals surface area contributed by atoms with Gasteiger partial charge in [0.05, 0.1) is 12.1 Å². The number of fused-ring (bicyclic) bond motifs is 1. The van der Waals surface area contributed by atoms with Crippen LogP contribution in [0.25, 0.3) is 10.8 Å². The van der Waals surface area contributed by atoms with Gasteiger partial charge in [-0.25, -0.2) is 0 Å². The molecule has 1 atom stereocenters. The van der Waals surface area contributed by atoms with Crippen molar-refractivity contribution < 1.29 is 14.3 Å². The molecule has 5 nitrogen and oxygen atoms in total. The van der Waals surface area contributed by atoms with E-state index in [-0.39, 0.29) is 29.9 Å². The Morgan fingerprint density at radius 1 is 0.939 bits per heavy atom. The van der Waals surface area contributed by atoms with Gasteiger partial charge < -0.3 is 15.0 Å². The Kier molecular flexibility index (Phi) is 6.97. The van der Waals surface area contributed by atoms with Crippen molar-refractivity contribution in [1.29, 1.82) is 0 Å². The van der Waals surface area contributed by atoms with E-state index in [2.05, 4.69) is 5.32 Å². The zero-order chi connectivity index (χ0) is 23.4. The lowest BCUT2D eigenvalue weighted by Crippen LogP contribution is -2.43. The molecule has 1 aliphatic rings. The minimum atomic E-state index is -0.108. The smallest absolute Gasteiger partial charge is 0.254 e. The van der Waals surface area contributed by atoms with Gasteiger partial charge in [0.25, 0.3) is 5.91 Å². The molecule has 2 amide bonds. The lowest BCUT2D eigenvalue weighted by molar-refractivity contribution is -0.127. The van der Waals surface area contributed by atoms with Gasteiger partial charge in [0, 0.05) is 24.6 Å². The third-order valence-corrected chi connectivity index (χ3v) is 6.26. The molecular formula is C28H32N2O3. The van der Waals surface area contributed by atoms with Gasteiger partial charge in [0.1, 0.15) is 5.75 Å². The number of benzene rings is 3. The van der Waals surface area contributed by atoms with Crippen LogP contribution in [0.1, 0.15) is 55.6 Å². The Bertz CT molecular complexity index is 1130. The molecule has 3 aromatic rings. The van der Waals surface area contributed by atoms with Crippen molar-refractivity contribution in [2.45, 2.75) is 45.8 Å². The van der Waals surface area contributed by atoms with Crippen LogP contribution in [0.5, 0.6) is 5.75 Å². The standard InChI is InChI=1S/C28H32N2O3/c1-19(2)33-24-11-6-10-23(18-24)20(3)29-27(31)22-14-16-30(17-15-22)28(32)26-13-7-9-21-8-4-5-12-25(21)26/h4-13,18-20,22H,14-17H2,1-3H3,(H,29,31). The van der Waals surface area contributed by atoms with E-state index in [4.69, 9.17) is 4.74 Å². The number of ether oxygens (including phenoxy) is 1. The highest BCUT2D eigenvalue weighted by Gasteiger charge is 2.29. The molecule has 0 bridgehead atoms. The van der Waals surface area contributed by atoms with Crippen molar-refractivity contribution in [3.05, 3.63) is 77.9 Å². The number of hydrogen-bond donors (Lipinski definition) is 1. The van der Waals surface area contributed by atoms with E-state index in [1.807, 2.05) is 92.4 Å². The van der Waals surface area contributed by atoms with Crippen LogP contribution in [0.4, 0.5) is 0 Å². The number of likely N-dealkylation sites (tertiary alicyclic amines) is 1. The number of nitrogens with one attached hydrogen (secondary N) is 1. The van der Waals surface area contributed by atoms with Crippen molar-refractivity contribution in [1.82, 2.24) is 10.2 Å². The average molecular weight is 445 g/mol. The van der Waals surface area contributed by atoms with E-state index < -0.39 is 0 Å². The van der Waals surface area contributed by atoms with Crippen LogP contribution in [0.15, 0.2) is 66.7 Å². The fourth-order valence-electron chi connectivity index (χ4n) is 4.47. The Balaban J connectivity index is 1.35. The summed E-state index contributed by atoms with van der Waals surface area (Å²) in [6.07, 6.45) is 1.45. The number of hydrogen-bond acceptors (Lipinski definition) is 3. The molecule has 33 heavy (non-hydrogen) atoms. The largest absolute Gasteiger partial charge is 0.491 e. The minimum absolute atomic E-state index is 0.0426. The van der Waals surface area contributed by atoms with Crippen LogP contribution in [0.2, 0.25) is 0 Å². The summed E-state index contributed by atoms with van der Waals surface area (Å²) >= 11 is 0. The first kappa shape index (κ1) is 22.8. The molecule has 1 heterocycles. The maximum Gasteiger partial charge on any atom is 0.254 e. The Labute approximate surface area is 195 Å². The number of nitrogens with zero attached hydrogens (tertiary/aromatic N) is 1. The van der Waals surface area contributed by atoms with Crippen LogP contribution < -0.4 is 10.1 Å². The van der Waals surface area contributed by atoms with Gasteiger partial charge in [-0.1, -0.05) is 48.5 Å². The monoisotopic (exact) mass is 444 g/mol. The normalized spacial score (nSPS) is 15.5. The summed E-state index contributed by atoms with van der Waals surface area (Å²) in [5.74, 6) is 0.818. The summed E-state index contributed by atoms with van der Waals surface area (Å²) in [6, 6.07) is 21.6. The molecule has 0 radical (unpaired) electrons. The molecule has 4 rings (SSSR count). The van der Waals surface area contributed by atoms with Gasteiger partial charge in [-0.3, -0.25) is 9.59 Å². The number of carbonyl (C=O) groups excluding carboxylic acids is 2. The predicted molar refractivity (Wildman–Crippen MR) is 131 cm³/mol. The lowest BCUT2D eigenvalue weighted by atomic mass is 9.94. The number of amides is 2. The minimum Gasteiger partial charge on any atom is -0.491 e. The summed E-state index contributed by atoms with van der Waals surface area (Å²) in [7, 11) is 0. The SMILES string of the molecule is CC(C)Oc1cccc(C(C)NC(=O)C2CCN(C(=O)c3cccc4ccccc34)CC2)c1. The summed E-state index contributed by atoms with van der Waals surface area (Å²) in [4.78, 5) is 28.0. The van der Waals surface area contributed by atoms with Crippen molar-refractivity contribution in [2.24, 2.45) is 5.92 Å². The second-order valence-electron chi connectivity index (χ2n) is 9.06. The molecule has 0 aliphatic carbocycles. The first-order valence-corrected chi connectivity index (χ1v) is 11.8. The van der Waals surface area contributed by atoms with Crippen LogP contribution in [-0.2, 0) is 4.79 Å². The molecule has 1 saturated heterocycles. The number of piperidine rings is 1. The maximum atomic E-state index is 13.2. The van der Waals surface area contributed by atoms with E-state index in [1.54, 1.807) is 0 Å². The zero-order valence-corrected chi connectivity index (χ0v) is 19.6. The number of rotatable bonds is 6. The van der Waals surface area contributed by atoms with Gasteiger partial charge >= 0.3 is 0 Å². The van der Waals surface area contributed by atoms with Crippen molar-refractivity contribution in [3.8, 4) is 5.75 Å². The second-order valence-corrected chi connectivity index (χ2v) is 9.06. The molecule has 3 aromatic carbocycles. The van der Waals surface area contributed by atoms with Gasteiger partial charge in [0.15, 0.2) is 0 Å². The molecule has 0 aromatic heterocycles. The molecular weight excluding hydrogens is 412 g/mol. The van der Waals surface area contributed by atoms with Crippen LogP contribution in [0, 0.1) is 5.92 Å². The third kappa shape index (κ3) is 5.36. The topological polar surface area (TPSA) is 58.6 Å². The van der Waals surface area contributed by atoms with Gasteiger partial charge in [0.2, 0.25) is 5.91 Å². The first-order chi connectivity index (χ1) is 15.9. The summed E-state index contributed by atoms with van der Waals surface area (Å²) in [5, 5.41) is 5.19. The summed E-state index contributed by atoms with van der Waals surface area (Å²) < 4.78 is 5.77. The molecule has 0 saturated carbocycles. The van der Waals surface area contributed by atoms with Crippen LogP contribution in [0.3, 0.4) is 0 Å². The van der Waals surface area contributed by atoms with Gasteiger partial charge in [-0.15, -0.1) is 0 Å². The fraction of sp³-hybridized carbons (Fsp3) is 0.357. The molecule has 1 fully saturated rings.